The molecule has 0 saturated heterocycles. The smallest absolute Gasteiger partial charge is 0.211 e. The van der Waals surface area contributed by atoms with Gasteiger partial charge in [-0.25, -0.2) is 13.1 Å². The molecule has 1 aliphatic carbocycles. The largest absolute Gasteiger partial charge is 0.394 e. The second-order valence-electron chi connectivity index (χ2n) is 7.10. The number of hydrogen-bond donors (Lipinski definition) is 3. The summed E-state index contributed by atoms with van der Waals surface area (Å²) in [6, 6.07) is 0. The highest BCUT2D eigenvalue weighted by Crippen LogP contribution is 2.43. The molecule has 3 N–H and O–H groups in total. The summed E-state index contributed by atoms with van der Waals surface area (Å²) in [5.41, 5.74) is -0.0466. The van der Waals surface area contributed by atoms with Crippen LogP contribution in [0, 0.1) is 11.3 Å². The Hall–Kier alpha value is -0.170. The van der Waals surface area contributed by atoms with Gasteiger partial charge >= 0.3 is 0 Å². The third kappa shape index (κ3) is 5.31. The van der Waals surface area contributed by atoms with Gasteiger partial charge in [-0.1, -0.05) is 20.8 Å². The van der Waals surface area contributed by atoms with E-state index in [4.69, 9.17) is 0 Å². The molecule has 1 aliphatic rings. The summed E-state index contributed by atoms with van der Waals surface area (Å²) < 4.78 is 25.1. The molecule has 0 aromatic rings. The second kappa shape index (κ2) is 6.73. The van der Waals surface area contributed by atoms with Crippen molar-refractivity contribution in [2.45, 2.75) is 52.0 Å². The molecule has 0 aliphatic heterocycles. The van der Waals surface area contributed by atoms with Crippen molar-refractivity contribution in [1.29, 1.82) is 0 Å². The molecule has 0 radical (unpaired) electrons. The normalized spacial score (nSPS) is 30.4. The Balaban J connectivity index is 2.54. The van der Waals surface area contributed by atoms with E-state index in [1.165, 1.54) is 13.5 Å². The standard InChI is InChI=1S/C14H30N2O3S/c1-12-8-13(2,3)10-14(9-12,11-17)16-6-5-7-20(18,19)15-4/h12,15-17H,5-11H2,1-4H3. The van der Waals surface area contributed by atoms with Crippen molar-refractivity contribution in [1.82, 2.24) is 10.0 Å². The van der Waals surface area contributed by atoms with Crippen molar-refractivity contribution in [2.24, 2.45) is 11.3 Å². The van der Waals surface area contributed by atoms with E-state index in [1.54, 1.807) is 0 Å². The molecule has 0 amide bonds. The molecule has 2 unspecified atom stereocenters. The monoisotopic (exact) mass is 306 g/mol. The Morgan fingerprint density at radius 1 is 1.30 bits per heavy atom. The summed E-state index contributed by atoms with van der Waals surface area (Å²) in [4.78, 5) is 0. The van der Waals surface area contributed by atoms with Gasteiger partial charge in [-0.05, 0) is 50.6 Å². The van der Waals surface area contributed by atoms with Crippen molar-refractivity contribution in [3.05, 3.63) is 0 Å². The Labute approximate surface area is 123 Å². The van der Waals surface area contributed by atoms with E-state index in [0.29, 0.717) is 18.9 Å². The van der Waals surface area contributed by atoms with Crippen LogP contribution in [-0.4, -0.2) is 45.0 Å². The Kier molecular flexibility index (Phi) is 6.01. The number of aliphatic hydroxyl groups is 1. The Bertz CT molecular complexity index is 409. The average molecular weight is 306 g/mol. The summed E-state index contributed by atoms with van der Waals surface area (Å²) in [6.45, 7) is 7.42. The number of rotatable bonds is 7. The van der Waals surface area contributed by atoms with Crippen LogP contribution in [0.15, 0.2) is 0 Å². The maximum Gasteiger partial charge on any atom is 0.211 e. The lowest BCUT2D eigenvalue weighted by Gasteiger charge is -2.47. The first-order chi connectivity index (χ1) is 9.14. The highest BCUT2D eigenvalue weighted by Gasteiger charge is 2.42. The van der Waals surface area contributed by atoms with Crippen molar-refractivity contribution in [3.63, 3.8) is 0 Å². The summed E-state index contributed by atoms with van der Waals surface area (Å²) in [7, 11) is -1.70. The molecular weight excluding hydrogens is 276 g/mol. The van der Waals surface area contributed by atoms with Crippen LogP contribution >= 0.6 is 0 Å². The predicted molar refractivity (Wildman–Crippen MR) is 82.1 cm³/mol. The molecule has 1 saturated carbocycles. The summed E-state index contributed by atoms with van der Waals surface area (Å²) >= 11 is 0. The van der Waals surface area contributed by atoms with Gasteiger partial charge in [0, 0.05) is 5.54 Å². The fraction of sp³-hybridized carbons (Fsp3) is 1.00. The van der Waals surface area contributed by atoms with E-state index in [0.717, 1.165) is 12.8 Å². The minimum absolute atomic E-state index is 0.111. The fourth-order valence-electron chi connectivity index (χ4n) is 3.77. The van der Waals surface area contributed by atoms with Gasteiger partial charge in [0.1, 0.15) is 0 Å². The van der Waals surface area contributed by atoms with Crippen LogP contribution in [0.3, 0.4) is 0 Å². The van der Waals surface area contributed by atoms with E-state index in [1.807, 2.05) is 0 Å². The summed E-state index contributed by atoms with van der Waals surface area (Å²) in [5, 5.41) is 13.2. The minimum Gasteiger partial charge on any atom is -0.394 e. The first kappa shape index (κ1) is 17.9. The van der Waals surface area contributed by atoms with Crippen molar-refractivity contribution >= 4 is 10.0 Å². The lowest BCUT2D eigenvalue weighted by molar-refractivity contribution is 0.0367. The summed E-state index contributed by atoms with van der Waals surface area (Å²) in [5.74, 6) is 0.691. The van der Waals surface area contributed by atoms with Gasteiger partial charge in [0.05, 0.1) is 12.4 Å². The fourth-order valence-corrected chi connectivity index (χ4v) is 4.50. The molecule has 0 bridgehead atoms. The van der Waals surface area contributed by atoms with Gasteiger partial charge in [-0.15, -0.1) is 0 Å². The lowest BCUT2D eigenvalue weighted by Crippen LogP contribution is -2.55. The zero-order valence-corrected chi connectivity index (χ0v) is 14.0. The van der Waals surface area contributed by atoms with E-state index in [9.17, 15) is 13.5 Å². The molecule has 0 aromatic heterocycles. The van der Waals surface area contributed by atoms with Gasteiger partial charge in [0.25, 0.3) is 0 Å². The first-order valence-corrected chi connectivity index (χ1v) is 9.06. The molecule has 120 valence electrons. The number of nitrogens with one attached hydrogen (secondary N) is 2. The van der Waals surface area contributed by atoms with Crippen LogP contribution in [0.4, 0.5) is 0 Å². The molecule has 0 heterocycles. The molecule has 5 nitrogen and oxygen atoms in total. The van der Waals surface area contributed by atoms with Crippen LogP contribution < -0.4 is 10.0 Å². The lowest BCUT2D eigenvalue weighted by atomic mass is 9.64. The zero-order chi connectivity index (χ0) is 15.4. The van der Waals surface area contributed by atoms with E-state index in [2.05, 4.69) is 30.8 Å². The Morgan fingerprint density at radius 2 is 1.95 bits per heavy atom. The van der Waals surface area contributed by atoms with Crippen molar-refractivity contribution < 1.29 is 13.5 Å². The van der Waals surface area contributed by atoms with Crippen LogP contribution in [0.25, 0.3) is 0 Å². The van der Waals surface area contributed by atoms with E-state index in [-0.39, 0.29) is 23.3 Å². The predicted octanol–water partition coefficient (Wildman–Crippen LogP) is 1.09. The minimum atomic E-state index is -3.14. The first-order valence-electron chi connectivity index (χ1n) is 7.41. The molecular formula is C14H30N2O3S. The Morgan fingerprint density at radius 3 is 2.45 bits per heavy atom. The SMILES string of the molecule is CNS(=O)(=O)CCCNC1(CO)CC(C)CC(C)(C)C1. The van der Waals surface area contributed by atoms with Gasteiger partial charge in [0.2, 0.25) is 10.0 Å². The molecule has 1 rings (SSSR count). The third-order valence-corrected chi connectivity index (χ3v) is 5.61. The molecule has 1 fully saturated rings. The molecule has 6 heteroatoms. The van der Waals surface area contributed by atoms with Gasteiger partial charge in [0.15, 0.2) is 0 Å². The zero-order valence-electron chi connectivity index (χ0n) is 13.2. The highest BCUT2D eigenvalue weighted by atomic mass is 32.2. The van der Waals surface area contributed by atoms with Gasteiger partial charge in [-0.2, -0.15) is 0 Å². The second-order valence-corrected chi connectivity index (χ2v) is 9.14. The molecule has 0 aromatic carbocycles. The number of sulfonamides is 1. The van der Waals surface area contributed by atoms with Gasteiger partial charge in [-0.3, -0.25) is 0 Å². The van der Waals surface area contributed by atoms with Crippen LogP contribution in [-0.2, 0) is 10.0 Å². The maximum absolute atomic E-state index is 11.4. The topological polar surface area (TPSA) is 78.4 Å². The number of aliphatic hydroxyl groups excluding tert-OH is 1. The van der Waals surface area contributed by atoms with E-state index >= 15 is 0 Å². The van der Waals surface area contributed by atoms with Crippen molar-refractivity contribution in [3.8, 4) is 0 Å². The van der Waals surface area contributed by atoms with Crippen LogP contribution in [0.5, 0.6) is 0 Å². The van der Waals surface area contributed by atoms with Gasteiger partial charge < -0.3 is 10.4 Å². The molecule has 0 spiro atoms. The third-order valence-electron chi connectivity index (χ3n) is 4.16. The van der Waals surface area contributed by atoms with Crippen molar-refractivity contribution in [2.75, 3.05) is 26.0 Å². The average Bonchev–Trinajstić information content (AvgIpc) is 2.32. The molecule has 20 heavy (non-hydrogen) atoms. The number of hydrogen-bond acceptors (Lipinski definition) is 4. The maximum atomic E-state index is 11.4. The van der Waals surface area contributed by atoms with Crippen LogP contribution in [0.1, 0.15) is 46.5 Å². The highest BCUT2D eigenvalue weighted by molar-refractivity contribution is 7.89. The molecule has 2 atom stereocenters. The summed E-state index contributed by atoms with van der Waals surface area (Å²) in [6.07, 6.45) is 3.61. The van der Waals surface area contributed by atoms with Crippen LogP contribution in [0.2, 0.25) is 0 Å². The quantitative estimate of drug-likeness (QED) is 0.615. The van der Waals surface area contributed by atoms with E-state index < -0.39 is 10.0 Å².